The molecule has 4 rings (SSSR count). The highest BCUT2D eigenvalue weighted by Crippen LogP contribution is 2.42. The van der Waals surface area contributed by atoms with Crippen LogP contribution in [0.4, 0.5) is 0 Å². The number of piperidine rings is 1. The number of ether oxygens (including phenoxy) is 2. The number of rotatable bonds is 5. The first-order valence-corrected chi connectivity index (χ1v) is 10.6. The van der Waals surface area contributed by atoms with Crippen molar-refractivity contribution in [1.82, 2.24) is 4.90 Å². The fraction of sp³-hybridized carbons (Fsp3) is 0.480. The third kappa shape index (κ3) is 3.96. The first-order valence-electron chi connectivity index (χ1n) is 10.6. The Balaban J connectivity index is 1.68. The molecule has 4 heteroatoms. The van der Waals surface area contributed by atoms with E-state index >= 15 is 0 Å². The molecule has 2 heterocycles. The molecule has 154 valence electrons. The Morgan fingerprint density at radius 3 is 2.03 bits per heavy atom. The van der Waals surface area contributed by atoms with Gasteiger partial charge in [-0.25, -0.2) is 0 Å². The lowest BCUT2D eigenvalue weighted by molar-refractivity contribution is -0.162. The molecule has 0 spiro atoms. The van der Waals surface area contributed by atoms with Crippen molar-refractivity contribution in [3.8, 4) is 0 Å². The summed E-state index contributed by atoms with van der Waals surface area (Å²) in [5, 5.41) is 0. The predicted molar refractivity (Wildman–Crippen MR) is 114 cm³/mol. The van der Waals surface area contributed by atoms with Crippen molar-refractivity contribution in [3.05, 3.63) is 70.8 Å². The van der Waals surface area contributed by atoms with E-state index in [0.29, 0.717) is 6.04 Å². The summed E-state index contributed by atoms with van der Waals surface area (Å²) >= 11 is 0. The quantitative estimate of drug-likeness (QED) is 0.705. The number of benzene rings is 2. The fourth-order valence-electron chi connectivity index (χ4n) is 5.01. The molecule has 29 heavy (non-hydrogen) atoms. The van der Waals surface area contributed by atoms with Crippen molar-refractivity contribution in [2.45, 2.75) is 57.4 Å². The van der Waals surface area contributed by atoms with Crippen LogP contribution in [0.25, 0.3) is 0 Å². The van der Waals surface area contributed by atoms with E-state index in [-0.39, 0.29) is 30.1 Å². The van der Waals surface area contributed by atoms with Gasteiger partial charge in [0.05, 0.1) is 19.1 Å². The van der Waals surface area contributed by atoms with Crippen LogP contribution in [0.1, 0.15) is 47.6 Å². The Bertz CT molecular complexity index is 800. The number of methoxy groups -OCH3 is 1. The first kappa shape index (κ1) is 20.1. The zero-order valence-corrected chi connectivity index (χ0v) is 17.8. The summed E-state index contributed by atoms with van der Waals surface area (Å²) < 4.78 is 12.0. The van der Waals surface area contributed by atoms with E-state index in [2.05, 4.69) is 74.3 Å². The van der Waals surface area contributed by atoms with Crippen molar-refractivity contribution in [3.63, 3.8) is 0 Å². The van der Waals surface area contributed by atoms with Crippen LogP contribution >= 0.6 is 0 Å². The average Bonchev–Trinajstić information content (AvgIpc) is 2.96. The van der Waals surface area contributed by atoms with Crippen LogP contribution in [-0.2, 0) is 14.3 Å². The molecule has 0 aliphatic carbocycles. The zero-order chi connectivity index (χ0) is 20.5. The smallest absolute Gasteiger partial charge is 0.312 e. The number of esters is 1. The molecule has 2 aliphatic rings. The maximum atomic E-state index is 12.7. The maximum absolute atomic E-state index is 12.7. The van der Waals surface area contributed by atoms with Crippen molar-refractivity contribution < 1.29 is 14.3 Å². The number of nitrogens with zero attached hydrogens (tertiary/aromatic N) is 1. The molecule has 0 aromatic heterocycles. The minimum absolute atomic E-state index is 0.149. The van der Waals surface area contributed by atoms with Gasteiger partial charge in [0.1, 0.15) is 6.10 Å². The summed E-state index contributed by atoms with van der Waals surface area (Å²) in [5.41, 5.74) is 4.69. The molecular weight excluding hydrogens is 362 g/mol. The summed E-state index contributed by atoms with van der Waals surface area (Å²) in [6.07, 6.45) is 2.66. The molecule has 4 nitrogen and oxygen atoms in total. The van der Waals surface area contributed by atoms with Gasteiger partial charge in [0.2, 0.25) is 0 Å². The molecule has 2 aliphatic heterocycles. The summed E-state index contributed by atoms with van der Waals surface area (Å²) in [5.74, 6) is -0.402. The van der Waals surface area contributed by atoms with Gasteiger partial charge in [0.25, 0.3) is 0 Å². The van der Waals surface area contributed by atoms with Gasteiger partial charge in [-0.15, -0.1) is 0 Å². The molecule has 4 atom stereocenters. The summed E-state index contributed by atoms with van der Waals surface area (Å²) in [4.78, 5) is 15.1. The topological polar surface area (TPSA) is 38.8 Å². The molecule has 0 saturated carbocycles. The van der Waals surface area contributed by atoms with Crippen molar-refractivity contribution >= 4 is 5.97 Å². The van der Waals surface area contributed by atoms with Gasteiger partial charge in [-0.05, 0) is 51.3 Å². The van der Waals surface area contributed by atoms with Crippen molar-refractivity contribution in [2.24, 2.45) is 5.92 Å². The van der Waals surface area contributed by atoms with E-state index in [1.54, 1.807) is 0 Å². The number of carbonyl (C=O) groups excluding carboxylic acids is 1. The lowest BCUT2D eigenvalue weighted by atomic mass is 9.87. The second kappa shape index (κ2) is 8.29. The van der Waals surface area contributed by atoms with Crippen LogP contribution in [0.15, 0.2) is 48.5 Å². The summed E-state index contributed by atoms with van der Waals surface area (Å²) in [6, 6.07) is 17.7. The highest BCUT2D eigenvalue weighted by Gasteiger charge is 2.50. The molecule has 0 amide bonds. The lowest BCUT2D eigenvalue weighted by Crippen LogP contribution is -2.53. The van der Waals surface area contributed by atoms with E-state index in [0.717, 1.165) is 30.4 Å². The van der Waals surface area contributed by atoms with E-state index in [4.69, 9.17) is 9.47 Å². The number of aryl methyl sites for hydroxylation is 2. The zero-order valence-electron chi connectivity index (χ0n) is 17.8. The minimum Gasteiger partial charge on any atom is -0.469 e. The second-order valence-electron chi connectivity index (χ2n) is 8.62. The monoisotopic (exact) mass is 393 g/mol. The van der Waals surface area contributed by atoms with Crippen LogP contribution in [0, 0.1) is 19.8 Å². The van der Waals surface area contributed by atoms with Crippen LogP contribution in [-0.4, -0.2) is 43.2 Å². The Labute approximate surface area is 173 Å². The predicted octanol–water partition coefficient (Wildman–Crippen LogP) is 4.43. The SMILES string of the molecule is COC(=O)[C@@H]1[C@@H](OC(c2ccc(C)cc2)c2ccc(C)cc2)C[C@H]2CC[C@@H]1N2C. The van der Waals surface area contributed by atoms with Crippen LogP contribution in [0.5, 0.6) is 0 Å². The number of carbonyl (C=O) groups is 1. The molecule has 2 aromatic carbocycles. The van der Waals surface area contributed by atoms with Gasteiger partial charge < -0.3 is 9.47 Å². The molecule has 0 unspecified atom stereocenters. The number of fused-ring (bicyclic) bond motifs is 2. The van der Waals surface area contributed by atoms with Gasteiger partial charge in [0, 0.05) is 12.1 Å². The highest BCUT2D eigenvalue weighted by atomic mass is 16.5. The summed E-state index contributed by atoms with van der Waals surface area (Å²) in [7, 11) is 3.61. The van der Waals surface area contributed by atoms with Crippen LogP contribution in [0.2, 0.25) is 0 Å². The van der Waals surface area contributed by atoms with Crippen molar-refractivity contribution in [1.29, 1.82) is 0 Å². The van der Waals surface area contributed by atoms with Gasteiger partial charge >= 0.3 is 5.97 Å². The molecule has 2 aromatic rings. The van der Waals surface area contributed by atoms with E-state index < -0.39 is 0 Å². The molecular formula is C25H31NO3. The Kier molecular flexibility index (Phi) is 5.75. The van der Waals surface area contributed by atoms with Crippen molar-refractivity contribution in [2.75, 3.05) is 14.2 Å². The van der Waals surface area contributed by atoms with Crippen LogP contribution in [0.3, 0.4) is 0 Å². The fourth-order valence-corrected chi connectivity index (χ4v) is 5.01. The van der Waals surface area contributed by atoms with Crippen LogP contribution < -0.4 is 0 Å². The molecule has 0 N–H and O–H groups in total. The second-order valence-corrected chi connectivity index (χ2v) is 8.62. The Morgan fingerprint density at radius 2 is 1.52 bits per heavy atom. The Morgan fingerprint density at radius 1 is 0.966 bits per heavy atom. The van der Waals surface area contributed by atoms with Gasteiger partial charge in [-0.1, -0.05) is 59.7 Å². The largest absolute Gasteiger partial charge is 0.469 e. The number of hydrogen-bond acceptors (Lipinski definition) is 4. The highest BCUT2D eigenvalue weighted by molar-refractivity contribution is 5.74. The molecule has 2 fully saturated rings. The summed E-state index contributed by atoms with van der Waals surface area (Å²) in [6.45, 7) is 4.18. The van der Waals surface area contributed by atoms with E-state index in [9.17, 15) is 4.79 Å². The van der Waals surface area contributed by atoms with Gasteiger partial charge in [0.15, 0.2) is 0 Å². The third-order valence-corrected chi connectivity index (χ3v) is 6.76. The third-order valence-electron chi connectivity index (χ3n) is 6.76. The standard InChI is InChI=1S/C25H31NO3/c1-16-5-9-18(10-6-16)24(19-11-7-17(2)8-12-19)29-22-15-20-13-14-21(26(20)3)23(22)25(27)28-4/h5-12,20-24H,13-15H2,1-4H3/t20-,21+,22+,23+/m1/s1. The van der Waals surface area contributed by atoms with Gasteiger partial charge in [-0.3, -0.25) is 9.69 Å². The molecule has 2 saturated heterocycles. The van der Waals surface area contributed by atoms with Gasteiger partial charge in [-0.2, -0.15) is 0 Å². The minimum atomic E-state index is -0.248. The average molecular weight is 394 g/mol. The van der Waals surface area contributed by atoms with E-state index in [1.807, 2.05) is 0 Å². The van der Waals surface area contributed by atoms with E-state index in [1.165, 1.54) is 18.2 Å². The first-order chi connectivity index (χ1) is 14.0. The Hall–Kier alpha value is -2.17. The maximum Gasteiger partial charge on any atom is 0.312 e. The molecule has 0 radical (unpaired) electrons. The lowest BCUT2D eigenvalue weighted by Gasteiger charge is -2.42. The normalized spacial score (nSPS) is 26.7. The number of hydrogen-bond donors (Lipinski definition) is 0. The molecule has 2 bridgehead atoms.